The van der Waals surface area contributed by atoms with Crippen LogP contribution in [0.2, 0.25) is 0 Å². The largest absolute Gasteiger partial charge is 0.481 e. The van der Waals surface area contributed by atoms with Gasteiger partial charge in [-0.2, -0.15) is 0 Å². The van der Waals surface area contributed by atoms with E-state index in [0.29, 0.717) is 5.56 Å². The Morgan fingerprint density at radius 2 is 2.05 bits per heavy atom. The molecule has 1 aromatic heterocycles. The number of benzene rings is 1. The van der Waals surface area contributed by atoms with E-state index in [-0.39, 0.29) is 12.2 Å². The van der Waals surface area contributed by atoms with Crippen LogP contribution in [0.1, 0.15) is 22.0 Å². The van der Waals surface area contributed by atoms with E-state index >= 15 is 0 Å². The van der Waals surface area contributed by atoms with Crippen LogP contribution in [0, 0.1) is 0 Å². The SMILES string of the molecule is O=C(NCC(C(=O)O)c1ccccc1)c1csnn1. The third-order valence-electron chi connectivity index (χ3n) is 2.56. The van der Waals surface area contributed by atoms with Crippen molar-refractivity contribution in [1.29, 1.82) is 0 Å². The molecule has 6 nitrogen and oxygen atoms in total. The Morgan fingerprint density at radius 3 is 2.63 bits per heavy atom. The number of carbonyl (C=O) groups is 2. The monoisotopic (exact) mass is 277 g/mol. The zero-order valence-corrected chi connectivity index (χ0v) is 10.6. The van der Waals surface area contributed by atoms with E-state index in [0.717, 1.165) is 11.5 Å². The minimum Gasteiger partial charge on any atom is -0.481 e. The minimum atomic E-state index is -0.983. The number of hydrogen-bond acceptors (Lipinski definition) is 5. The van der Waals surface area contributed by atoms with Crippen molar-refractivity contribution in [1.82, 2.24) is 14.9 Å². The van der Waals surface area contributed by atoms with E-state index in [1.165, 1.54) is 5.38 Å². The number of carboxylic acid groups (broad SMARTS) is 1. The predicted octanol–water partition coefficient (Wildman–Crippen LogP) is 1.14. The van der Waals surface area contributed by atoms with Gasteiger partial charge in [0.25, 0.3) is 5.91 Å². The molecule has 1 atom stereocenters. The van der Waals surface area contributed by atoms with Crippen molar-refractivity contribution < 1.29 is 14.7 Å². The average molecular weight is 277 g/mol. The first kappa shape index (κ1) is 13.2. The molecular formula is C12H11N3O3S. The second-order valence-corrected chi connectivity index (χ2v) is 4.41. The van der Waals surface area contributed by atoms with Crippen molar-refractivity contribution in [3.8, 4) is 0 Å². The van der Waals surface area contributed by atoms with E-state index < -0.39 is 17.8 Å². The molecule has 0 spiro atoms. The minimum absolute atomic E-state index is 0.00963. The lowest BCUT2D eigenvalue weighted by molar-refractivity contribution is -0.138. The van der Waals surface area contributed by atoms with Crippen molar-refractivity contribution in [2.24, 2.45) is 0 Å². The maximum absolute atomic E-state index is 11.7. The molecule has 7 heteroatoms. The summed E-state index contributed by atoms with van der Waals surface area (Å²) in [7, 11) is 0. The molecule has 0 aliphatic heterocycles. The molecule has 1 aromatic carbocycles. The maximum Gasteiger partial charge on any atom is 0.312 e. The summed E-state index contributed by atoms with van der Waals surface area (Å²) in [6.45, 7) is 0.00963. The number of rotatable bonds is 5. The predicted molar refractivity (Wildman–Crippen MR) is 69.1 cm³/mol. The number of aromatic nitrogens is 2. The second kappa shape index (κ2) is 6.05. The highest BCUT2D eigenvalue weighted by molar-refractivity contribution is 7.03. The molecule has 0 aliphatic carbocycles. The van der Waals surface area contributed by atoms with Crippen LogP contribution in [0.4, 0.5) is 0 Å². The van der Waals surface area contributed by atoms with Crippen molar-refractivity contribution in [3.63, 3.8) is 0 Å². The van der Waals surface area contributed by atoms with Gasteiger partial charge in [-0.05, 0) is 17.1 Å². The van der Waals surface area contributed by atoms with Crippen molar-refractivity contribution in [3.05, 3.63) is 47.0 Å². The summed E-state index contributed by atoms with van der Waals surface area (Å²) >= 11 is 1.07. The molecule has 0 saturated carbocycles. The van der Waals surface area contributed by atoms with Gasteiger partial charge in [-0.1, -0.05) is 34.8 Å². The number of nitrogens with one attached hydrogen (secondary N) is 1. The van der Waals surface area contributed by atoms with E-state index in [4.69, 9.17) is 0 Å². The summed E-state index contributed by atoms with van der Waals surface area (Å²) in [4.78, 5) is 22.9. The molecule has 98 valence electrons. The average Bonchev–Trinajstić information content (AvgIpc) is 2.93. The number of amides is 1. The molecule has 1 unspecified atom stereocenters. The van der Waals surface area contributed by atoms with E-state index in [9.17, 15) is 14.7 Å². The van der Waals surface area contributed by atoms with Crippen LogP contribution in [0.15, 0.2) is 35.7 Å². The van der Waals surface area contributed by atoms with Crippen molar-refractivity contribution >= 4 is 23.4 Å². The van der Waals surface area contributed by atoms with Crippen molar-refractivity contribution in [2.45, 2.75) is 5.92 Å². The molecule has 0 bridgehead atoms. The normalized spacial score (nSPS) is 11.8. The molecule has 0 saturated heterocycles. The Morgan fingerprint density at radius 1 is 1.32 bits per heavy atom. The van der Waals surface area contributed by atoms with Gasteiger partial charge in [0.1, 0.15) is 0 Å². The van der Waals surface area contributed by atoms with Crippen LogP contribution >= 0.6 is 11.5 Å². The summed E-state index contributed by atoms with van der Waals surface area (Å²) in [5, 5.41) is 16.9. The third kappa shape index (κ3) is 3.35. The lowest BCUT2D eigenvalue weighted by atomic mass is 9.99. The Labute approximate surface area is 113 Å². The van der Waals surface area contributed by atoms with Gasteiger partial charge in [-0.15, -0.1) is 5.10 Å². The number of aliphatic carboxylic acids is 1. The van der Waals surface area contributed by atoms with Gasteiger partial charge in [0.2, 0.25) is 0 Å². The number of hydrogen-bond donors (Lipinski definition) is 2. The molecule has 2 rings (SSSR count). The molecule has 1 amide bonds. The standard InChI is InChI=1S/C12H11N3O3S/c16-11(10-7-19-15-14-10)13-6-9(12(17)18)8-4-2-1-3-5-8/h1-5,7,9H,6H2,(H,13,16)(H,17,18). The molecule has 0 aliphatic rings. The molecule has 2 N–H and O–H groups in total. The summed E-state index contributed by atoms with van der Waals surface area (Å²) in [5.41, 5.74) is 0.842. The van der Waals surface area contributed by atoms with Gasteiger partial charge in [-0.3, -0.25) is 9.59 Å². The van der Waals surface area contributed by atoms with Crippen molar-refractivity contribution in [2.75, 3.05) is 6.54 Å². The molecular weight excluding hydrogens is 266 g/mol. The van der Waals surface area contributed by atoms with Crippen LogP contribution in [0.3, 0.4) is 0 Å². The van der Waals surface area contributed by atoms with Gasteiger partial charge in [0, 0.05) is 11.9 Å². The lowest BCUT2D eigenvalue weighted by Gasteiger charge is -2.13. The molecule has 19 heavy (non-hydrogen) atoms. The highest BCUT2D eigenvalue weighted by atomic mass is 32.1. The molecule has 0 fully saturated rings. The van der Waals surface area contributed by atoms with Gasteiger partial charge < -0.3 is 10.4 Å². The number of carboxylic acids is 1. The van der Waals surface area contributed by atoms with Crippen LogP contribution in [0.5, 0.6) is 0 Å². The maximum atomic E-state index is 11.7. The van der Waals surface area contributed by atoms with Crippen LogP contribution in [-0.4, -0.2) is 33.1 Å². The quantitative estimate of drug-likeness (QED) is 0.855. The van der Waals surface area contributed by atoms with Gasteiger partial charge in [0.05, 0.1) is 5.92 Å². The summed E-state index contributed by atoms with van der Waals surface area (Å²) in [5.74, 6) is -2.18. The first-order valence-electron chi connectivity index (χ1n) is 5.51. The molecule has 2 aromatic rings. The zero-order valence-electron chi connectivity index (χ0n) is 9.81. The van der Waals surface area contributed by atoms with E-state index in [1.54, 1.807) is 24.3 Å². The van der Waals surface area contributed by atoms with Gasteiger partial charge >= 0.3 is 5.97 Å². The van der Waals surface area contributed by atoms with E-state index in [1.807, 2.05) is 6.07 Å². The Hall–Kier alpha value is -2.28. The van der Waals surface area contributed by atoms with Crippen LogP contribution < -0.4 is 5.32 Å². The molecule has 0 radical (unpaired) electrons. The first-order valence-corrected chi connectivity index (χ1v) is 6.35. The van der Waals surface area contributed by atoms with Gasteiger partial charge in [0.15, 0.2) is 5.69 Å². The zero-order chi connectivity index (χ0) is 13.7. The van der Waals surface area contributed by atoms with E-state index in [2.05, 4.69) is 14.9 Å². The number of nitrogens with zero attached hydrogens (tertiary/aromatic N) is 2. The summed E-state index contributed by atoms with van der Waals surface area (Å²) in [6, 6.07) is 8.77. The second-order valence-electron chi connectivity index (χ2n) is 3.80. The smallest absolute Gasteiger partial charge is 0.312 e. The first-order chi connectivity index (χ1) is 9.18. The fourth-order valence-electron chi connectivity index (χ4n) is 1.58. The Kier molecular flexibility index (Phi) is 4.19. The van der Waals surface area contributed by atoms with Crippen LogP contribution in [0.25, 0.3) is 0 Å². The topological polar surface area (TPSA) is 92.2 Å². The Balaban J connectivity index is 2.03. The summed E-state index contributed by atoms with van der Waals surface area (Å²) < 4.78 is 3.58. The highest BCUT2D eigenvalue weighted by Crippen LogP contribution is 2.14. The lowest BCUT2D eigenvalue weighted by Crippen LogP contribution is -2.31. The molecule has 1 heterocycles. The Bertz CT molecular complexity index is 557. The fraction of sp³-hybridized carbons (Fsp3) is 0.167. The van der Waals surface area contributed by atoms with Crippen LogP contribution in [-0.2, 0) is 4.79 Å². The third-order valence-corrected chi connectivity index (χ3v) is 3.06. The summed E-state index contributed by atoms with van der Waals surface area (Å²) in [6.07, 6.45) is 0. The highest BCUT2D eigenvalue weighted by Gasteiger charge is 2.21. The van der Waals surface area contributed by atoms with Gasteiger partial charge in [-0.25, -0.2) is 0 Å². The fourth-order valence-corrected chi connectivity index (χ4v) is 2.02. The number of carbonyl (C=O) groups excluding carboxylic acids is 1.